The van der Waals surface area contributed by atoms with Crippen LogP contribution in [0.5, 0.6) is 5.75 Å². The van der Waals surface area contributed by atoms with Gasteiger partial charge in [0.25, 0.3) is 5.91 Å². The Morgan fingerprint density at radius 2 is 1.88 bits per heavy atom. The molecule has 1 amide bonds. The van der Waals surface area contributed by atoms with Crippen LogP contribution >= 0.6 is 11.6 Å². The van der Waals surface area contributed by atoms with Gasteiger partial charge in [0, 0.05) is 28.8 Å². The number of ether oxygens (including phenoxy) is 1. The van der Waals surface area contributed by atoms with Gasteiger partial charge in [0.2, 0.25) is 0 Å². The summed E-state index contributed by atoms with van der Waals surface area (Å²) in [4.78, 5) is 52.3. The minimum absolute atomic E-state index is 0.0534. The number of cyclic esters (lactones) is 1. The van der Waals surface area contributed by atoms with E-state index < -0.39 is 63.9 Å². The molecule has 0 radical (unpaired) electrons. The van der Waals surface area contributed by atoms with E-state index in [4.69, 9.17) is 22.1 Å². The minimum Gasteiger partial charge on any atom is -0.508 e. The normalized spacial score (nSPS) is 33.8. The number of esters is 1. The number of Topliss-reactive ketones (excluding diaryl/α,β-unsaturated/α-hetero) is 2. The van der Waals surface area contributed by atoms with Gasteiger partial charge in [0.1, 0.15) is 28.2 Å². The number of phenolic OH excluding ortho intramolecular Hbond substituents is 1. The van der Waals surface area contributed by atoms with Crippen LogP contribution in [0.2, 0.25) is 5.02 Å². The number of phenols is 1. The molecule has 11 heteroatoms. The van der Waals surface area contributed by atoms with E-state index in [1.807, 2.05) is 0 Å². The number of likely N-dealkylation sites (N-methyl/N-ethyl adjacent to an activating group) is 1. The van der Waals surface area contributed by atoms with E-state index in [1.54, 1.807) is 6.92 Å². The molecule has 1 heterocycles. The zero-order valence-corrected chi connectivity index (χ0v) is 18.8. The second kappa shape index (κ2) is 7.28. The van der Waals surface area contributed by atoms with Crippen molar-refractivity contribution < 1.29 is 39.2 Å². The van der Waals surface area contributed by atoms with Crippen molar-refractivity contribution in [1.82, 2.24) is 4.90 Å². The van der Waals surface area contributed by atoms with Crippen LogP contribution in [0.15, 0.2) is 23.5 Å². The first-order valence-corrected chi connectivity index (χ1v) is 10.6. The Labute approximate surface area is 193 Å². The zero-order valence-electron chi connectivity index (χ0n) is 18.1. The van der Waals surface area contributed by atoms with E-state index in [2.05, 4.69) is 0 Å². The number of carbonyl (C=O) groups excluding carboxylic acids is 4. The number of carbonyl (C=O) groups is 4. The number of hydrogen-bond acceptors (Lipinski definition) is 9. The van der Waals surface area contributed by atoms with Crippen LogP contribution in [0, 0.1) is 11.8 Å². The molecule has 0 aromatic heterocycles. The average Bonchev–Trinajstić information content (AvgIpc) is 2.99. The van der Waals surface area contributed by atoms with E-state index in [9.17, 15) is 34.5 Å². The predicted molar refractivity (Wildman–Crippen MR) is 113 cm³/mol. The number of amides is 1. The maximum Gasteiger partial charge on any atom is 0.343 e. The van der Waals surface area contributed by atoms with Crippen molar-refractivity contribution >= 4 is 35.0 Å². The van der Waals surface area contributed by atoms with E-state index in [1.165, 1.54) is 31.1 Å². The molecule has 1 aliphatic heterocycles. The highest BCUT2D eigenvalue weighted by atomic mass is 35.5. The number of hydrogen-bond donors (Lipinski definition) is 4. The zero-order chi connectivity index (χ0) is 24.6. The summed E-state index contributed by atoms with van der Waals surface area (Å²) in [7, 11) is 3.05. The van der Waals surface area contributed by atoms with Gasteiger partial charge in [-0.05, 0) is 39.6 Å². The number of primary amides is 1. The first-order valence-electron chi connectivity index (χ1n) is 10.2. The van der Waals surface area contributed by atoms with Crippen LogP contribution in [-0.2, 0) is 24.7 Å². The molecule has 176 valence electrons. The van der Waals surface area contributed by atoms with Crippen LogP contribution in [-0.4, -0.2) is 69.4 Å². The predicted octanol–water partition coefficient (Wildman–Crippen LogP) is 0.568. The van der Waals surface area contributed by atoms with Crippen molar-refractivity contribution in [2.45, 2.75) is 37.0 Å². The first-order chi connectivity index (χ1) is 15.3. The summed E-state index contributed by atoms with van der Waals surface area (Å²) in [5.74, 6) is -7.08. The number of aliphatic hydroxyl groups is 2. The molecule has 2 aliphatic carbocycles. The SMILES string of the molecule is CN(C)[C@@H]1C(=O)C(C(N)=O)=C(O)[C@@]2(O)C(=O)CC([C@]3(C)OC(=O)c4c(O)ccc(Cl)c43)C[C@H]12. The second-order valence-electron chi connectivity index (χ2n) is 9.11. The number of aliphatic hydroxyl groups excluding tert-OH is 1. The standard InChI is InChI=1S/C22H23ClN2O8/c1-21(15-10(23)4-5-11(26)13(15)20(31)33-21)8-6-9-16(25(2)3)17(28)14(19(24)30)18(29)22(9,32)12(27)7-8/h4-5,8-9,16,26,29,32H,6-7H2,1-3H3,(H2,24,30)/t8?,9-,16+,21+,22+/m1/s1. The molecule has 4 rings (SSSR count). The van der Waals surface area contributed by atoms with Crippen molar-refractivity contribution in [3.8, 4) is 5.75 Å². The fourth-order valence-electron chi connectivity index (χ4n) is 5.54. The molecule has 1 fully saturated rings. The van der Waals surface area contributed by atoms with Gasteiger partial charge in [0.15, 0.2) is 17.2 Å². The van der Waals surface area contributed by atoms with E-state index in [0.29, 0.717) is 0 Å². The summed E-state index contributed by atoms with van der Waals surface area (Å²) in [6, 6.07) is 1.49. The minimum atomic E-state index is -2.52. The highest BCUT2D eigenvalue weighted by molar-refractivity contribution is 6.32. The largest absolute Gasteiger partial charge is 0.508 e. The van der Waals surface area contributed by atoms with Crippen molar-refractivity contribution in [1.29, 1.82) is 0 Å². The molecule has 0 saturated heterocycles. The molecule has 1 aromatic rings. The smallest absolute Gasteiger partial charge is 0.343 e. The molecule has 1 saturated carbocycles. The summed E-state index contributed by atoms with van der Waals surface area (Å²) >= 11 is 6.35. The van der Waals surface area contributed by atoms with Crippen LogP contribution in [0.1, 0.15) is 35.7 Å². The van der Waals surface area contributed by atoms with Gasteiger partial charge in [0.05, 0.1) is 6.04 Å². The van der Waals surface area contributed by atoms with Gasteiger partial charge in [-0.2, -0.15) is 0 Å². The van der Waals surface area contributed by atoms with Crippen LogP contribution in [0.25, 0.3) is 0 Å². The van der Waals surface area contributed by atoms with Crippen LogP contribution in [0.3, 0.4) is 0 Å². The molecule has 10 nitrogen and oxygen atoms in total. The van der Waals surface area contributed by atoms with Crippen molar-refractivity contribution in [3.05, 3.63) is 39.6 Å². The Morgan fingerprint density at radius 1 is 1.24 bits per heavy atom. The summed E-state index contributed by atoms with van der Waals surface area (Å²) in [5.41, 5.74) is 0.581. The highest BCUT2D eigenvalue weighted by Crippen LogP contribution is 2.55. The van der Waals surface area contributed by atoms with Gasteiger partial charge in [-0.25, -0.2) is 4.79 Å². The maximum absolute atomic E-state index is 13.3. The summed E-state index contributed by atoms with van der Waals surface area (Å²) in [6.07, 6.45) is -0.422. The van der Waals surface area contributed by atoms with Crippen molar-refractivity contribution in [2.24, 2.45) is 17.6 Å². The number of nitrogens with zero attached hydrogens (tertiary/aromatic N) is 1. The lowest BCUT2D eigenvalue weighted by molar-refractivity contribution is -0.166. The molecule has 0 spiro atoms. The van der Waals surface area contributed by atoms with Gasteiger partial charge < -0.3 is 25.8 Å². The van der Waals surface area contributed by atoms with Gasteiger partial charge >= 0.3 is 5.97 Å². The van der Waals surface area contributed by atoms with Crippen LogP contribution < -0.4 is 5.73 Å². The lowest BCUT2D eigenvalue weighted by Crippen LogP contribution is -2.65. The van der Waals surface area contributed by atoms with Gasteiger partial charge in [-0.15, -0.1) is 0 Å². The molecule has 5 atom stereocenters. The third kappa shape index (κ3) is 2.94. The number of rotatable bonds is 3. The van der Waals surface area contributed by atoms with E-state index in [-0.39, 0.29) is 34.7 Å². The number of benzene rings is 1. The van der Waals surface area contributed by atoms with Gasteiger partial charge in [-0.1, -0.05) is 11.6 Å². The Balaban J connectivity index is 1.87. The Kier molecular flexibility index (Phi) is 5.12. The lowest BCUT2D eigenvalue weighted by Gasteiger charge is -2.50. The van der Waals surface area contributed by atoms with E-state index in [0.717, 1.165) is 0 Å². The molecular weight excluding hydrogens is 456 g/mol. The molecule has 1 aromatic carbocycles. The monoisotopic (exact) mass is 478 g/mol. The maximum atomic E-state index is 13.3. The van der Waals surface area contributed by atoms with Gasteiger partial charge in [-0.3, -0.25) is 19.3 Å². The summed E-state index contributed by atoms with van der Waals surface area (Å²) < 4.78 is 5.63. The molecular formula is C22H23ClN2O8. The third-order valence-electron chi connectivity index (χ3n) is 7.15. The molecule has 5 N–H and O–H groups in total. The average molecular weight is 479 g/mol. The molecule has 1 unspecified atom stereocenters. The second-order valence-corrected chi connectivity index (χ2v) is 9.51. The highest BCUT2D eigenvalue weighted by Gasteiger charge is 2.64. The van der Waals surface area contributed by atoms with Crippen molar-refractivity contribution in [3.63, 3.8) is 0 Å². The fourth-order valence-corrected chi connectivity index (χ4v) is 5.89. The van der Waals surface area contributed by atoms with Crippen LogP contribution in [0.4, 0.5) is 0 Å². The Morgan fingerprint density at radius 3 is 2.45 bits per heavy atom. The number of nitrogens with two attached hydrogens (primary N) is 1. The number of halogens is 1. The summed E-state index contributed by atoms with van der Waals surface area (Å²) in [5, 5.41) is 32.4. The first kappa shape index (κ1) is 23.2. The molecule has 0 bridgehead atoms. The topological polar surface area (TPSA) is 167 Å². The number of fused-ring (bicyclic) bond motifs is 2. The Bertz CT molecular complexity index is 1160. The summed E-state index contributed by atoms with van der Waals surface area (Å²) in [6.45, 7) is 1.55. The number of ketones is 2. The van der Waals surface area contributed by atoms with E-state index >= 15 is 0 Å². The molecule has 3 aliphatic rings. The quantitative estimate of drug-likeness (QED) is 0.358. The lowest BCUT2D eigenvalue weighted by atomic mass is 9.58. The third-order valence-corrected chi connectivity index (χ3v) is 7.46. The fraction of sp³-hybridized carbons (Fsp3) is 0.455. The number of aromatic hydroxyl groups is 1. The van der Waals surface area contributed by atoms with Crippen molar-refractivity contribution in [2.75, 3.05) is 14.1 Å². The Hall–Kier alpha value is -2.95. The molecule has 33 heavy (non-hydrogen) atoms.